The lowest BCUT2D eigenvalue weighted by molar-refractivity contribution is 0.102. The maximum Gasteiger partial charge on any atom is 0.257 e. The van der Waals surface area contributed by atoms with Gasteiger partial charge in [-0.25, -0.2) is 0 Å². The first-order valence-electron chi connectivity index (χ1n) is 4.89. The second kappa shape index (κ2) is 4.53. The fraction of sp³-hybridized carbons (Fsp3) is 0.0833. The molecule has 4 nitrogen and oxygen atoms in total. The highest BCUT2D eigenvalue weighted by atomic mass is 16.1. The van der Waals surface area contributed by atoms with Gasteiger partial charge in [0, 0.05) is 18.6 Å². The highest BCUT2D eigenvalue weighted by Gasteiger charge is 2.08. The Hall–Kier alpha value is -2.23. The topological polar surface area (TPSA) is 54.9 Å². The molecule has 16 heavy (non-hydrogen) atoms. The number of pyridine rings is 2. The molecule has 2 aromatic rings. The van der Waals surface area contributed by atoms with Crippen molar-refractivity contribution in [3.05, 3.63) is 54.1 Å². The van der Waals surface area contributed by atoms with Gasteiger partial charge in [0.2, 0.25) is 0 Å². The van der Waals surface area contributed by atoms with E-state index in [1.165, 1.54) is 0 Å². The summed E-state index contributed by atoms with van der Waals surface area (Å²) in [5.74, 6) is -0.168. The molecule has 0 fully saturated rings. The van der Waals surface area contributed by atoms with Crippen LogP contribution in [-0.2, 0) is 0 Å². The summed E-state index contributed by atoms with van der Waals surface area (Å²) in [5, 5.41) is 2.76. The Morgan fingerprint density at radius 2 is 2.00 bits per heavy atom. The van der Waals surface area contributed by atoms with Gasteiger partial charge < -0.3 is 5.32 Å². The second-order valence-corrected chi connectivity index (χ2v) is 3.39. The number of hydrogen-bond acceptors (Lipinski definition) is 3. The van der Waals surface area contributed by atoms with Crippen LogP contribution in [0.15, 0.2) is 43.0 Å². The Balaban J connectivity index is 2.19. The van der Waals surface area contributed by atoms with Gasteiger partial charge in [-0.1, -0.05) is 0 Å². The van der Waals surface area contributed by atoms with Crippen LogP contribution in [-0.4, -0.2) is 15.9 Å². The predicted molar refractivity (Wildman–Crippen MR) is 61.2 cm³/mol. The van der Waals surface area contributed by atoms with E-state index >= 15 is 0 Å². The SMILES string of the molecule is Cc1ccncc1C(=O)Nc1cccnc1. The summed E-state index contributed by atoms with van der Waals surface area (Å²) in [6, 6.07) is 5.36. The Labute approximate surface area is 93.4 Å². The van der Waals surface area contributed by atoms with Crippen molar-refractivity contribution in [3.8, 4) is 0 Å². The van der Waals surface area contributed by atoms with Crippen molar-refractivity contribution in [2.24, 2.45) is 0 Å². The third-order valence-electron chi connectivity index (χ3n) is 2.20. The van der Waals surface area contributed by atoms with Crippen molar-refractivity contribution < 1.29 is 4.79 Å². The Kier molecular flexibility index (Phi) is 2.91. The van der Waals surface area contributed by atoms with Crippen LogP contribution in [0.25, 0.3) is 0 Å². The second-order valence-electron chi connectivity index (χ2n) is 3.39. The van der Waals surface area contributed by atoms with Gasteiger partial charge in [0.25, 0.3) is 5.91 Å². The molecule has 0 saturated carbocycles. The number of carbonyl (C=O) groups is 1. The van der Waals surface area contributed by atoms with Gasteiger partial charge in [0.15, 0.2) is 0 Å². The van der Waals surface area contributed by atoms with Crippen molar-refractivity contribution in [1.82, 2.24) is 9.97 Å². The van der Waals surface area contributed by atoms with E-state index in [1.807, 2.05) is 6.92 Å². The smallest absolute Gasteiger partial charge is 0.257 e. The van der Waals surface area contributed by atoms with Gasteiger partial charge in [0.05, 0.1) is 17.4 Å². The Morgan fingerprint density at radius 1 is 1.19 bits per heavy atom. The summed E-state index contributed by atoms with van der Waals surface area (Å²) in [4.78, 5) is 19.7. The molecule has 1 N–H and O–H groups in total. The molecular formula is C12H11N3O. The normalized spacial score (nSPS) is 9.81. The lowest BCUT2D eigenvalue weighted by Crippen LogP contribution is -2.13. The van der Waals surface area contributed by atoms with Crippen molar-refractivity contribution >= 4 is 11.6 Å². The fourth-order valence-corrected chi connectivity index (χ4v) is 1.34. The van der Waals surface area contributed by atoms with E-state index in [0.717, 1.165) is 5.56 Å². The van der Waals surface area contributed by atoms with Gasteiger partial charge in [-0.3, -0.25) is 14.8 Å². The Morgan fingerprint density at radius 3 is 2.69 bits per heavy atom. The molecule has 0 aliphatic rings. The van der Waals surface area contributed by atoms with Crippen LogP contribution in [0.1, 0.15) is 15.9 Å². The largest absolute Gasteiger partial charge is 0.321 e. The van der Waals surface area contributed by atoms with Crippen molar-refractivity contribution in [2.75, 3.05) is 5.32 Å². The van der Waals surface area contributed by atoms with E-state index in [2.05, 4.69) is 15.3 Å². The van der Waals surface area contributed by atoms with E-state index in [4.69, 9.17) is 0 Å². The first-order chi connectivity index (χ1) is 7.77. The van der Waals surface area contributed by atoms with E-state index in [-0.39, 0.29) is 5.91 Å². The van der Waals surface area contributed by atoms with E-state index in [0.29, 0.717) is 11.3 Å². The summed E-state index contributed by atoms with van der Waals surface area (Å²) in [7, 11) is 0. The highest BCUT2D eigenvalue weighted by Crippen LogP contribution is 2.09. The number of nitrogens with one attached hydrogen (secondary N) is 1. The molecule has 2 heterocycles. The molecule has 0 bridgehead atoms. The summed E-state index contributed by atoms with van der Waals surface area (Å²) in [6.45, 7) is 1.87. The summed E-state index contributed by atoms with van der Waals surface area (Å²) < 4.78 is 0. The van der Waals surface area contributed by atoms with Gasteiger partial charge in [-0.2, -0.15) is 0 Å². The minimum absolute atomic E-state index is 0.168. The molecule has 0 aliphatic carbocycles. The number of rotatable bonds is 2. The molecule has 0 aliphatic heterocycles. The molecule has 0 saturated heterocycles. The van der Waals surface area contributed by atoms with Crippen molar-refractivity contribution in [1.29, 1.82) is 0 Å². The molecular weight excluding hydrogens is 202 g/mol. The van der Waals surface area contributed by atoms with E-state index < -0.39 is 0 Å². The minimum Gasteiger partial charge on any atom is -0.321 e. The predicted octanol–water partition coefficient (Wildman–Crippen LogP) is 2.04. The lowest BCUT2D eigenvalue weighted by Gasteiger charge is -2.06. The van der Waals surface area contributed by atoms with Crippen LogP contribution < -0.4 is 5.32 Å². The molecule has 0 spiro atoms. The van der Waals surface area contributed by atoms with Crippen LogP contribution >= 0.6 is 0 Å². The zero-order valence-corrected chi connectivity index (χ0v) is 8.84. The van der Waals surface area contributed by atoms with Gasteiger partial charge >= 0.3 is 0 Å². The first-order valence-corrected chi connectivity index (χ1v) is 4.89. The number of anilines is 1. The van der Waals surface area contributed by atoms with Gasteiger partial charge in [0.1, 0.15) is 0 Å². The molecule has 80 valence electrons. The standard InChI is InChI=1S/C12H11N3O/c1-9-4-6-14-8-11(9)12(16)15-10-3-2-5-13-7-10/h2-8H,1H3,(H,15,16). The molecule has 0 radical (unpaired) electrons. The third-order valence-corrected chi connectivity index (χ3v) is 2.20. The zero-order valence-electron chi connectivity index (χ0n) is 8.84. The first kappa shape index (κ1) is 10.3. The van der Waals surface area contributed by atoms with Crippen LogP contribution in [0.4, 0.5) is 5.69 Å². The lowest BCUT2D eigenvalue weighted by atomic mass is 10.1. The van der Waals surface area contributed by atoms with Gasteiger partial charge in [-0.15, -0.1) is 0 Å². The monoisotopic (exact) mass is 213 g/mol. The number of carbonyl (C=O) groups excluding carboxylic acids is 1. The van der Waals surface area contributed by atoms with E-state index in [1.54, 1.807) is 43.0 Å². The maximum atomic E-state index is 11.9. The molecule has 2 aromatic heterocycles. The number of aromatic nitrogens is 2. The molecule has 0 atom stereocenters. The number of nitrogens with zero attached hydrogens (tertiary/aromatic N) is 2. The van der Waals surface area contributed by atoms with Crippen LogP contribution in [0.5, 0.6) is 0 Å². The summed E-state index contributed by atoms with van der Waals surface area (Å²) in [5.41, 5.74) is 2.15. The molecule has 4 heteroatoms. The average molecular weight is 213 g/mol. The molecule has 0 aromatic carbocycles. The molecule has 1 amide bonds. The summed E-state index contributed by atoms with van der Waals surface area (Å²) in [6.07, 6.45) is 6.48. The molecule has 0 unspecified atom stereocenters. The third kappa shape index (κ3) is 2.23. The number of aryl methyl sites for hydroxylation is 1. The van der Waals surface area contributed by atoms with Crippen LogP contribution in [0, 0.1) is 6.92 Å². The van der Waals surface area contributed by atoms with Crippen LogP contribution in [0.3, 0.4) is 0 Å². The van der Waals surface area contributed by atoms with E-state index in [9.17, 15) is 4.79 Å². The highest BCUT2D eigenvalue weighted by molar-refractivity contribution is 6.04. The maximum absolute atomic E-state index is 11.9. The van der Waals surface area contributed by atoms with Crippen molar-refractivity contribution in [2.45, 2.75) is 6.92 Å². The van der Waals surface area contributed by atoms with Crippen molar-refractivity contribution in [3.63, 3.8) is 0 Å². The summed E-state index contributed by atoms with van der Waals surface area (Å²) >= 11 is 0. The number of hydrogen-bond donors (Lipinski definition) is 1. The van der Waals surface area contributed by atoms with Crippen LogP contribution in [0.2, 0.25) is 0 Å². The average Bonchev–Trinajstić information content (AvgIpc) is 2.31. The van der Waals surface area contributed by atoms with Gasteiger partial charge in [-0.05, 0) is 30.7 Å². The fourth-order valence-electron chi connectivity index (χ4n) is 1.34. The zero-order chi connectivity index (χ0) is 11.4. The molecule has 2 rings (SSSR count). The minimum atomic E-state index is -0.168. The Bertz CT molecular complexity index is 497. The quantitative estimate of drug-likeness (QED) is 0.830. The number of amides is 1.